The van der Waals surface area contributed by atoms with Crippen molar-refractivity contribution in [3.63, 3.8) is 0 Å². The van der Waals surface area contributed by atoms with Gasteiger partial charge in [-0.1, -0.05) is 6.92 Å². The number of anilines is 1. The number of hydrogen-bond donors (Lipinski definition) is 1. The van der Waals surface area contributed by atoms with Crippen molar-refractivity contribution < 1.29 is 5.11 Å². The van der Waals surface area contributed by atoms with Crippen molar-refractivity contribution in [2.24, 2.45) is 0 Å². The van der Waals surface area contributed by atoms with Crippen molar-refractivity contribution in [3.8, 4) is 0 Å². The summed E-state index contributed by atoms with van der Waals surface area (Å²) >= 11 is 0. The Morgan fingerprint density at radius 1 is 1.40 bits per heavy atom. The first-order chi connectivity index (χ1) is 7.22. The highest BCUT2D eigenvalue weighted by atomic mass is 16.3. The summed E-state index contributed by atoms with van der Waals surface area (Å²) < 4.78 is 0. The number of aliphatic hydroxyl groups is 1. The van der Waals surface area contributed by atoms with Gasteiger partial charge >= 0.3 is 0 Å². The molecule has 1 aromatic rings. The van der Waals surface area contributed by atoms with Gasteiger partial charge in [0.15, 0.2) is 0 Å². The molecular formula is C11H19N3O. The molecule has 0 radical (unpaired) electrons. The van der Waals surface area contributed by atoms with E-state index in [-0.39, 0.29) is 6.61 Å². The Morgan fingerprint density at radius 2 is 2.13 bits per heavy atom. The van der Waals surface area contributed by atoms with Gasteiger partial charge < -0.3 is 10.0 Å². The number of rotatable bonds is 5. The van der Waals surface area contributed by atoms with Crippen LogP contribution in [0.3, 0.4) is 0 Å². The van der Waals surface area contributed by atoms with Crippen LogP contribution in [0.1, 0.15) is 32.9 Å². The molecule has 0 aliphatic heterocycles. The summed E-state index contributed by atoms with van der Waals surface area (Å²) in [6, 6.07) is 0.443. The number of hydrogen-bond acceptors (Lipinski definition) is 4. The lowest BCUT2D eigenvalue weighted by atomic mass is 10.2. The summed E-state index contributed by atoms with van der Waals surface area (Å²) in [6.45, 7) is 7.25. The fourth-order valence-electron chi connectivity index (χ4n) is 1.53. The summed E-state index contributed by atoms with van der Waals surface area (Å²) in [6.07, 6.45) is 4.40. The molecule has 1 heterocycles. The van der Waals surface area contributed by atoms with Crippen LogP contribution in [0, 0.1) is 0 Å². The third-order valence-electron chi connectivity index (χ3n) is 2.59. The van der Waals surface area contributed by atoms with Gasteiger partial charge in [-0.15, -0.1) is 0 Å². The molecule has 1 N–H and O–H groups in total. The lowest BCUT2D eigenvalue weighted by molar-refractivity contribution is 0.276. The van der Waals surface area contributed by atoms with Crippen LogP contribution in [-0.4, -0.2) is 27.7 Å². The number of aliphatic hydroxyl groups excluding tert-OH is 1. The first-order valence-electron chi connectivity index (χ1n) is 5.41. The van der Waals surface area contributed by atoms with Crippen LogP contribution in [0.2, 0.25) is 0 Å². The molecule has 0 aliphatic carbocycles. The Hall–Kier alpha value is -1.16. The maximum Gasteiger partial charge on any atom is 0.147 e. The number of aromatic nitrogens is 2. The molecule has 15 heavy (non-hydrogen) atoms. The highest BCUT2D eigenvalue weighted by molar-refractivity contribution is 5.37. The van der Waals surface area contributed by atoms with Crippen LogP contribution >= 0.6 is 0 Å². The van der Waals surface area contributed by atoms with E-state index in [0.717, 1.165) is 18.8 Å². The van der Waals surface area contributed by atoms with Gasteiger partial charge in [-0.05, 0) is 20.3 Å². The fraction of sp³-hybridized carbons (Fsp3) is 0.636. The summed E-state index contributed by atoms with van der Waals surface area (Å²) in [5.74, 6) is 0.846. The molecule has 0 amide bonds. The van der Waals surface area contributed by atoms with Gasteiger partial charge in [0.2, 0.25) is 0 Å². The first kappa shape index (κ1) is 11.9. The lowest BCUT2D eigenvalue weighted by Gasteiger charge is -2.28. The smallest absolute Gasteiger partial charge is 0.147 e. The van der Waals surface area contributed by atoms with E-state index in [4.69, 9.17) is 5.11 Å². The minimum Gasteiger partial charge on any atom is -0.390 e. The van der Waals surface area contributed by atoms with Gasteiger partial charge in [-0.3, -0.25) is 4.98 Å². The largest absolute Gasteiger partial charge is 0.390 e. The Morgan fingerprint density at radius 3 is 2.67 bits per heavy atom. The zero-order valence-corrected chi connectivity index (χ0v) is 9.64. The van der Waals surface area contributed by atoms with E-state index in [9.17, 15) is 0 Å². The Kier molecular flexibility index (Phi) is 4.49. The van der Waals surface area contributed by atoms with E-state index >= 15 is 0 Å². The molecule has 0 aliphatic rings. The van der Waals surface area contributed by atoms with E-state index in [1.807, 2.05) is 0 Å². The monoisotopic (exact) mass is 209 g/mol. The van der Waals surface area contributed by atoms with Gasteiger partial charge in [0.25, 0.3) is 0 Å². The second kappa shape index (κ2) is 5.66. The van der Waals surface area contributed by atoms with Crippen molar-refractivity contribution in [1.29, 1.82) is 0 Å². The van der Waals surface area contributed by atoms with Crippen LogP contribution in [0.5, 0.6) is 0 Å². The van der Waals surface area contributed by atoms with E-state index in [1.54, 1.807) is 12.4 Å². The van der Waals surface area contributed by atoms with Crippen LogP contribution < -0.4 is 4.90 Å². The fourth-order valence-corrected chi connectivity index (χ4v) is 1.53. The first-order valence-corrected chi connectivity index (χ1v) is 5.41. The van der Waals surface area contributed by atoms with Gasteiger partial charge in [0, 0.05) is 12.6 Å². The molecule has 0 fully saturated rings. The van der Waals surface area contributed by atoms with Gasteiger partial charge in [-0.2, -0.15) is 0 Å². The van der Waals surface area contributed by atoms with Crippen LogP contribution in [-0.2, 0) is 6.61 Å². The third-order valence-corrected chi connectivity index (χ3v) is 2.59. The highest BCUT2D eigenvalue weighted by Gasteiger charge is 2.12. The molecular weight excluding hydrogens is 190 g/mol. The molecule has 0 bridgehead atoms. The summed E-state index contributed by atoms with van der Waals surface area (Å²) in [5, 5.41) is 8.99. The third kappa shape index (κ3) is 2.89. The van der Waals surface area contributed by atoms with Crippen LogP contribution in [0.4, 0.5) is 5.82 Å². The molecule has 0 spiro atoms. The predicted molar refractivity (Wildman–Crippen MR) is 60.7 cm³/mol. The normalized spacial score (nSPS) is 12.5. The second-order valence-corrected chi connectivity index (χ2v) is 3.57. The molecule has 0 saturated carbocycles. The highest BCUT2D eigenvalue weighted by Crippen LogP contribution is 2.14. The maximum absolute atomic E-state index is 8.99. The molecule has 1 unspecified atom stereocenters. The van der Waals surface area contributed by atoms with Crippen LogP contribution in [0.25, 0.3) is 0 Å². The maximum atomic E-state index is 8.99. The standard InChI is InChI=1S/C11H19N3O/c1-4-9(3)14(5-2)11-7-12-6-10(8-15)13-11/h6-7,9,15H,4-5,8H2,1-3H3. The second-order valence-electron chi connectivity index (χ2n) is 3.57. The summed E-state index contributed by atoms with van der Waals surface area (Å²) in [7, 11) is 0. The van der Waals surface area contributed by atoms with Crippen LogP contribution in [0.15, 0.2) is 12.4 Å². The Labute approximate surface area is 91.0 Å². The Balaban J connectivity index is 2.91. The minimum absolute atomic E-state index is 0.0566. The molecule has 1 aromatic heterocycles. The zero-order chi connectivity index (χ0) is 11.3. The quantitative estimate of drug-likeness (QED) is 0.800. The SMILES string of the molecule is CCC(C)N(CC)c1cncc(CO)n1. The lowest BCUT2D eigenvalue weighted by Crippen LogP contribution is -2.33. The predicted octanol–water partition coefficient (Wildman–Crippen LogP) is 1.59. The van der Waals surface area contributed by atoms with Crippen molar-refractivity contribution in [1.82, 2.24) is 9.97 Å². The summed E-state index contributed by atoms with van der Waals surface area (Å²) in [5.41, 5.74) is 0.620. The van der Waals surface area contributed by atoms with Gasteiger partial charge in [0.1, 0.15) is 5.82 Å². The molecule has 4 nitrogen and oxygen atoms in total. The number of nitrogens with zero attached hydrogens (tertiary/aromatic N) is 3. The minimum atomic E-state index is -0.0566. The Bertz CT molecular complexity index is 304. The molecule has 84 valence electrons. The van der Waals surface area contributed by atoms with Gasteiger partial charge in [0.05, 0.1) is 24.7 Å². The average molecular weight is 209 g/mol. The average Bonchev–Trinajstić information content (AvgIpc) is 2.30. The molecule has 4 heteroatoms. The summed E-state index contributed by atoms with van der Waals surface area (Å²) in [4.78, 5) is 10.6. The van der Waals surface area contributed by atoms with Crippen molar-refractivity contribution in [3.05, 3.63) is 18.1 Å². The van der Waals surface area contributed by atoms with Crippen molar-refractivity contribution >= 4 is 5.82 Å². The van der Waals surface area contributed by atoms with Crippen molar-refractivity contribution in [2.75, 3.05) is 11.4 Å². The van der Waals surface area contributed by atoms with Gasteiger partial charge in [-0.25, -0.2) is 4.98 Å². The van der Waals surface area contributed by atoms with E-state index in [1.165, 1.54) is 0 Å². The molecule has 1 atom stereocenters. The molecule has 0 aromatic carbocycles. The molecule has 1 rings (SSSR count). The zero-order valence-electron chi connectivity index (χ0n) is 9.64. The van der Waals surface area contributed by atoms with E-state index in [0.29, 0.717) is 11.7 Å². The van der Waals surface area contributed by atoms with Crippen molar-refractivity contribution in [2.45, 2.75) is 39.8 Å². The molecule has 0 saturated heterocycles. The topological polar surface area (TPSA) is 49.2 Å². The van der Waals surface area contributed by atoms with E-state index < -0.39 is 0 Å². The van der Waals surface area contributed by atoms with E-state index in [2.05, 4.69) is 35.6 Å².